The maximum absolute atomic E-state index is 13.4. The maximum Gasteiger partial charge on any atom is 0.253 e. The molecule has 1 saturated carbocycles. The van der Waals surface area contributed by atoms with Gasteiger partial charge in [-0.1, -0.05) is 19.3 Å². The van der Waals surface area contributed by atoms with Crippen LogP contribution in [0.15, 0.2) is 29.1 Å². The molecule has 0 amide bonds. The third-order valence-corrected chi connectivity index (χ3v) is 7.14. The fourth-order valence-electron chi connectivity index (χ4n) is 5.29. The number of nitrogens with zero attached hydrogens (tertiary/aromatic N) is 5. The molecule has 1 aromatic carbocycles. The van der Waals surface area contributed by atoms with Crippen LogP contribution >= 0.6 is 0 Å². The van der Waals surface area contributed by atoms with Crippen molar-refractivity contribution < 1.29 is 9.47 Å². The zero-order valence-electron chi connectivity index (χ0n) is 19.4. The SMILES string of the molecule is COc1ccc2cc([C@@H](c3nnnn3C[C@H]3CCCO3)N(C)C3CCCCC3)c(=O)[nH]c2c1. The van der Waals surface area contributed by atoms with E-state index in [2.05, 4.69) is 32.5 Å². The number of tetrazole rings is 1. The van der Waals surface area contributed by atoms with Gasteiger partial charge < -0.3 is 14.5 Å². The number of aromatic amines is 1. The molecule has 0 spiro atoms. The van der Waals surface area contributed by atoms with E-state index in [1.807, 2.05) is 28.9 Å². The van der Waals surface area contributed by atoms with E-state index in [1.165, 1.54) is 19.3 Å². The zero-order chi connectivity index (χ0) is 22.8. The lowest BCUT2D eigenvalue weighted by Crippen LogP contribution is -2.40. The van der Waals surface area contributed by atoms with Crippen LogP contribution < -0.4 is 10.3 Å². The van der Waals surface area contributed by atoms with Crippen molar-refractivity contribution in [2.75, 3.05) is 20.8 Å². The van der Waals surface area contributed by atoms with E-state index in [0.29, 0.717) is 29.7 Å². The number of H-pyrrole nitrogens is 1. The van der Waals surface area contributed by atoms with Gasteiger partial charge in [-0.15, -0.1) is 5.10 Å². The Labute approximate surface area is 193 Å². The van der Waals surface area contributed by atoms with Crippen molar-refractivity contribution in [3.63, 3.8) is 0 Å². The predicted octanol–water partition coefficient (Wildman–Crippen LogP) is 3.06. The van der Waals surface area contributed by atoms with E-state index in [-0.39, 0.29) is 17.7 Å². The number of fused-ring (bicyclic) bond motifs is 1. The molecule has 0 radical (unpaired) electrons. The van der Waals surface area contributed by atoms with Gasteiger partial charge in [-0.25, -0.2) is 4.68 Å². The Morgan fingerprint density at radius 3 is 2.82 bits per heavy atom. The van der Waals surface area contributed by atoms with E-state index in [4.69, 9.17) is 9.47 Å². The van der Waals surface area contributed by atoms with Crippen molar-refractivity contribution in [2.45, 2.75) is 69.7 Å². The van der Waals surface area contributed by atoms with Gasteiger partial charge in [0.25, 0.3) is 5.56 Å². The van der Waals surface area contributed by atoms with Gasteiger partial charge in [0.2, 0.25) is 0 Å². The molecule has 1 N–H and O–H groups in total. The largest absolute Gasteiger partial charge is 0.497 e. The Bertz CT molecular complexity index is 1150. The molecule has 0 unspecified atom stereocenters. The predicted molar refractivity (Wildman–Crippen MR) is 124 cm³/mol. The van der Waals surface area contributed by atoms with Crippen molar-refractivity contribution in [2.24, 2.45) is 0 Å². The molecule has 1 saturated heterocycles. The number of benzene rings is 1. The van der Waals surface area contributed by atoms with Gasteiger partial charge in [0.05, 0.1) is 25.3 Å². The van der Waals surface area contributed by atoms with Crippen LogP contribution in [0.4, 0.5) is 0 Å². The summed E-state index contributed by atoms with van der Waals surface area (Å²) in [5.41, 5.74) is 1.28. The normalized spacial score (nSPS) is 20.5. The standard InChI is InChI=1S/C24H32N6O3/c1-29(17-7-4-3-5-8-17)22(23-26-27-28-30(23)15-19-9-6-12-33-19)20-13-16-10-11-18(32-2)14-21(16)25-24(20)31/h10-11,13-14,17,19,22H,3-9,12,15H2,1-2H3,(H,25,31)/t19-,22+/m1/s1. The van der Waals surface area contributed by atoms with Crippen LogP contribution in [0.1, 0.15) is 62.4 Å². The topological polar surface area (TPSA) is 98.2 Å². The highest BCUT2D eigenvalue weighted by Gasteiger charge is 2.33. The zero-order valence-corrected chi connectivity index (χ0v) is 19.4. The molecule has 2 aliphatic rings. The average molecular weight is 453 g/mol. The molecule has 1 aliphatic carbocycles. The minimum atomic E-state index is -0.347. The minimum Gasteiger partial charge on any atom is -0.497 e. The molecule has 0 bridgehead atoms. The minimum absolute atomic E-state index is 0.107. The molecule has 2 atom stereocenters. The molecule has 5 rings (SSSR count). The molecule has 9 nitrogen and oxygen atoms in total. The molecule has 2 aromatic heterocycles. The Morgan fingerprint density at radius 1 is 1.21 bits per heavy atom. The van der Waals surface area contributed by atoms with Crippen LogP contribution in [0.25, 0.3) is 10.9 Å². The fraction of sp³-hybridized carbons (Fsp3) is 0.583. The molecule has 1 aliphatic heterocycles. The quantitative estimate of drug-likeness (QED) is 0.588. The number of nitrogens with one attached hydrogen (secondary N) is 1. The second-order valence-electron chi connectivity index (χ2n) is 9.22. The summed E-state index contributed by atoms with van der Waals surface area (Å²) in [6.45, 7) is 1.38. The van der Waals surface area contributed by atoms with Gasteiger partial charge in [0, 0.05) is 24.3 Å². The second-order valence-corrected chi connectivity index (χ2v) is 9.22. The first-order valence-electron chi connectivity index (χ1n) is 11.9. The summed E-state index contributed by atoms with van der Waals surface area (Å²) in [7, 11) is 3.72. The van der Waals surface area contributed by atoms with Gasteiger partial charge in [-0.3, -0.25) is 9.69 Å². The van der Waals surface area contributed by atoms with Gasteiger partial charge >= 0.3 is 0 Å². The summed E-state index contributed by atoms with van der Waals surface area (Å²) in [6, 6.07) is 7.74. The summed E-state index contributed by atoms with van der Waals surface area (Å²) < 4.78 is 13.0. The lowest BCUT2D eigenvalue weighted by molar-refractivity contribution is 0.0894. The molecule has 2 fully saturated rings. The molecule has 3 heterocycles. The summed E-state index contributed by atoms with van der Waals surface area (Å²) in [5.74, 6) is 1.40. The number of rotatable bonds is 7. The molecule has 3 aromatic rings. The van der Waals surface area contributed by atoms with E-state index in [9.17, 15) is 4.79 Å². The maximum atomic E-state index is 13.4. The van der Waals surface area contributed by atoms with Crippen LogP contribution in [0.3, 0.4) is 0 Å². The summed E-state index contributed by atoms with van der Waals surface area (Å²) >= 11 is 0. The third kappa shape index (κ3) is 4.52. The van der Waals surface area contributed by atoms with E-state index in [0.717, 1.165) is 43.2 Å². The Hall–Kier alpha value is -2.78. The summed E-state index contributed by atoms with van der Waals surface area (Å²) in [4.78, 5) is 18.8. The van der Waals surface area contributed by atoms with Gasteiger partial charge in [0.15, 0.2) is 5.82 Å². The van der Waals surface area contributed by atoms with Crippen molar-refractivity contribution in [1.82, 2.24) is 30.1 Å². The number of ether oxygens (including phenoxy) is 2. The van der Waals surface area contributed by atoms with E-state index in [1.54, 1.807) is 7.11 Å². The highest BCUT2D eigenvalue weighted by atomic mass is 16.5. The van der Waals surface area contributed by atoms with Crippen LogP contribution in [0, 0.1) is 0 Å². The first kappa shape index (κ1) is 22.0. The number of hydrogen-bond acceptors (Lipinski definition) is 7. The molecule has 33 heavy (non-hydrogen) atoms. The van der Waals surface area contributed by atoms with Crippen molar-refractivity contribution in [3.05, 3.63) is 46.0 Å². The number of pyridine rings is 1. The van der Waals surface area contributed by atoms with Crippen LogP contribution in [0.2, 0.25) is 0 Å². The highest BCUT2D eigenvalue weighted by Crippen LogP contribution is 2.33. The number of aromatic nitrogens is 5. The summed E-state index contributed by atoms with van der Waals surface area (Å²) in [6.07, 6.45) is 8.07. The van der Waals surface area contributed by atoms with E-state index < -0.39 is 0 Å². The Balaban J connectivity index is 1.58. The average Bonchev–Trinajstić information content (AvgIpc) is 3.52. The monoisotopic (exact) mass is 452 g/mol. The van der Waals surface area contributed by atoms with E-state index >= 15 is 0 Å². The smallest absolute Gasteiger partial charge is 0.253 e. The van der Waals surface area contributed by atoms with Gasteiger partial charge in [0.1, 0.15) is 11.8 Å². The first-order valence-corrected chi connectivity index (χ1v) is 11.9. The van der Waals surface area contributed by atoms with Crippen molar-refractivity contribution in [3.8, 4) is 5.75 Å². The Kier molecular flexibility index (Phi) is 6.41. The first-order chi connectivity index (χ1) is 16.1. The fourth-order valence-corrected chi connectivity index (χ4v) is 5.29. The van der Waals surface area contributed by atoms with Crippen LogP contribution in [0.5, 0.6) is 5.75 Å². The lowest BCUT2D eigenvalue weighted by Gasteiger charge is -2.36. The molecule has 176 valence electrons. The van der Waals surface area contributed by atoms with Crippen LogP contribution in [-0.2, 0) is 11.3 Å². The van der Waals surface area contributed by atoms with Crippen LogP contribution in [-0.4, -0.2) is 63.0 Å². The second kappa shape index (κ2) is 9.61. The molecule has 9 heteroatoms. The molecular weight excluding hydrogens is 420 g/mol. The number of hydrogen-bond donors (Lipinski definition) is 1. The van der Waals surface area contributed by atoms with Gasteiger partial charge in [-0.05, 0) is 66.7 Å². The van der Waals surface area contributed by atoms with Gasteiger partial charge in [-0.2, -0.15) is 0 Å². The lowest BCUT2D eigenvalue weighted by atomic mass is 9.92. The molecular formula is C24H32N6O3. The highest BCUT2D eigenvalue weighted by molar-refractivity contribution is 5.80. The van der Waals surface area contributed by atoms with Crippen molar-refractivity contribution in [1.29, 1.82) is 0 Å². The third-order valence-electron chi connectivity index (χ3n) is 7.14. The Morgan fingerprint density at radius 2 is 2.06 bits per heavy atom. The number of methoxy groups -OCH3 is 1. The summed E-state index contributed by atoms with van der Waals surface area (Å²) in [5, 5.41) is 13.7. The van der Waals surface area contributed by atoms with Crippen molar-refractivity contribution >= 4 is 10.9 Å².